The van der Waals surface area contributed by atoms with Crippen LogP contribution in [0.4, 0.5) is 0 Å². The topological polar surface area (TPSA) is 77.4 Å². The molecular weight excluding hydrogens is 268 g/mol. The van der Waals surface area contributed by atoms with Crippen LogP contribution < -0.4 is 5.73 Å². The third kappa shape index (κ3) is 4.72. The SMILES string of the molecule is CC1CN(Cc2nc(C(C)(C)N)no2)CCCO1.Cl. The van der Waals surface area contributed by atoms with E-state index < -0.39 is 5.54 Å². The van der Waals surface area contributed by atoms with Crippen LogP contribution in [-0.2, 0) is 16.8 Å². The Bertz CT molecular complexity index is 391. The highest BCUT2D eigenvalue weighted by Crippen LogP contribution is 2.14. The van der Waals surface area contributed by atoms with Gasteiger partial charge in [0.1, 0.15) is 0 Å². The number of hydrogen-bond donors (Lipinski definition) is 1. The minimum absolute atomic E-state index is 0. The Hall–Kier alpha value is -0.690. The van der Waals surface area contributed by atoms with E-state index in [-0.39, 0.29) is 18.5 Å². The molecule has 2 N–H and O–H groups in total. The molecule has 1 unspecified atom stereocenters. The molecule has 110 valence electrons. The van der Waals surface area contributed by atoms with Gasteiger partial charge in [-0.2, -0.15) is 4.98 Å². The van der Waals surface area contributed by atoms with E-state index in [1.165, 1.54) is 0 Å². The zero-order valence-electron chi connectivity index (χ0n) is 11.8. The molecule has 0 aromatic carbocycles. The van der Waals surface area contributed by atoms with Crippen molar-refractivity contribution in [2.24, 2.45) is 5.73 Å². The molecule has 1 aliphatic heterocycles. The molecule has 6 nitrogen and oxygen atoms in total. The molecule has 1 fully saturated rings. The van der Waals surface area contributed by atoms with Gasteiger partial charge in [-0.1, -0.05) is 5.16 Å². The Labute approximate surface area is 120 Å². The minimum atomic E-state index is -0.559. The van der Waals surface area contributed by atoms with Gasteiger partial charge >= 0.3 is 0 Å². The van der Waals surface area contributed by atoms with E-state index >= 15 is 0 Å². The molecule has 0 radical (unpaired) electrons. The lowest BCUT2D eigenvalue weighted by Crippen LogP contribution is -2.31. The number of halogens is 1. The van der Waals surface area contributed by atoms with Gasteiger partial charge in [-0.25, -0.2) is 0 Å². The quantitative estimate of drug-likeness (QED) is 0.904. The lowest BCUT2D eigenvalue weighted by Gasteiger charge is -2.19. The molecule has 0 spiro atoms. The first-order valence-corrected chi connectivity index (χ1v) is 6.41. The van der Waals surface area contributed by atoms with Gasteiger partial charge in [-0.3, -0.25) is 4.90 Å². The Morgan fingerprint density at radius 1 is 1.47 bits per heavy atom. The molecule has 1 aliphatic rings. The molecule has 0 bridgehead atoms. The Kier molecular flexibility index (Phi) is 5.73. The van der Waals surface area contributed by atoms with Crippen LogP contribution in [0.15, 0.2) is 4.52 Å². The van der Waals surface area contributed by atoms with E-state index in [1.54, 1.807) is 0 Å². The molecule has 19 heavy (non-hydrogen) atoms. The van der Waals surface area contributed by atoms with E-state index in [2.05, 4.69) is 22.0 Å². The van der Waals surface area contributed by atoms with Crippen molar-refractivity contribution >= 4 is 12.4 Å². The summed E-state index contributed by atoms with van der Waals surface area (Å²) in [6, 6.07) is 0. The second kappa shape index (κ2) is 6.65. The summed E-state index contributed by atoms with van der Waals surface area (Å²) in [7, 11) is 0. The normalized spacial score (nSPS) is 21.8. The molecule has 1 saturated heterocycles. The van der Waals surface area contributed by atoms with Gasteiger partial charge in [-0.05, 0) is 27.2 Å². The fourth-order valence-electron chi connectivity index (χ4n) is 2.00. The van der Waals surface area contributed by atoms with Crippen LogP contribution in [-0.4, -0.2) is 40.8 Å². The van der Waals surface area contributed by atoms with Crippen LogP contribution in [0, 0.1) is 0 Å². The number of nitrogens with two attached hydrogens (primary N) is 1. The highest BCUT2D eigenvalue weighted by Gasteiger charge is 2.23. The van der Waals surface area contributed by atoms with Crippen molar-refractivity contribution in [2.75, 3.05) is 19.7 Å². The van der Waals surface area contributed by atoms with Gasteiger partial charge in [0.25, 0.3) is 0 Å². The number of nitrogens with zero attached hydrogens (tertiary/aromatic N) is 3. The van der Waals surface area contributed by atoms with Crippen LogP contribution in [0.3, 0.4) is 0 Å². The maximum absolute atomic E-state index is 5.93. The lowest BCUT2D eigenvalue weighted by molar-refractivity contribution is 0.0653. The van der Waals surface area contributed by atoms with Crippen molar-refractivity contribution in [2.45, 2.75) is 45.4 Å². The summed E-state index contributed by atoms with van der Waals surface area (Å²) in [5.74, 6) is 1.18. The highest BCUT2D eigenvalue weighted by molar-refractivity contribution is 5.85. The monoisotopic (exact) mass is 290 g/mol. The van der Waals surface area contributed by atoms with Gasteiger partial charge in [0.05, 0.1) is 18.2 Å². The molecule has 2 rings (SSSR count). The molecule has 0 aliphatic carbocycles. The van der Waals surface area contributed by atoms with E-state index in [9.17, 15) is 0 Å². The van der Waals surface area contributed by atoms with E-state index in [0.29, 0.717) is 18.3 Å². The predicted octanol–water partition coefficient (Wildman–Crippen LogP) is 1.30. The van der Waals surface area contributed by atoms with Crippen molar-refractivity contribution in [1.29, 1.82) is 0 Å². The van der Waals surface area contributed by atoms with Gasteiger partial charge in [0.2, 0.25) is 5.89 Å². The van der Waals surface area contributed by atoms with E-state index in [0.717, 1.165) is 26.1 Å². The number of rotatable bonds is 3. The maximum atomic E-state index is 5.93. The molecule has 2 heterocycles. The van der Waals surface area contributed by atoms with Crippen molar-refractivity contribution in [3.05, 3.63) is 11.7 Å². The summed E-state index contributed by atoms with van der Waals surface area (Å²) in [6.45, 7) is 9.19. The first-order chi connectivity index (χ1) is 8.45. The van der Waals surface area contributed by atoms with Crippen molar-refractivity contribution < 1.29 is 9.26 Å². The van der Waals surface area contributed by atoms with Crippen LogP contribution in [0.5, 0.6) is 0 Å². The summed E-state index contributed by atoms with van der Waals surface area (Å²) in [5, 5.41) is 3.93. The summed E-state index contributed by atoms with van der Waals surface area (Å²) < 4.78 is 10.8. The van der Waals surface area contributed by atoms with Gasteiger partial charge in [0.15, 0.2) is 5.82 Å². The largest absolute Gasteiger partial charge is 0.377 e. The molecule has 0 saturated carbocycles. The Balaban J connectivity index is 0.00000180. The van der Waals surface area contributed by atoms with Crippen LogP contribution in [0.2, 0.25) is 0 Å². The zero-order chi connectivity index (χ0) is 13.2. The second-order valence-electron chi connectivity index (χ2n) is 5.50. The molecule has 7 heteroatoms. The highest BCUT2D eigenvalue weighted by atomic mass is 35.5. The van der Waals surface area contributed by atoms with Crippen molar-refractivity contribution in [3.63, 3.8) is 0 Å². The van der Waals surface area contributed by atoms with Crippen LogP contribution >= 0.6 is 12.4 Å². The third-order valence-corrected chi connectivity index (χ3v) is 2.94. The predicted molar refractivity (Wildman–Crippen MR) is 74.1 cm³/mol. The van der Waals surface area contributed by atoms with Crippen molar-refractivity contribution in [1.82, 2.24) is 15.0 Å². The zero-order valence-corrected chi connectivity index (χ0v) is 12.6. The average Bonchev–Trinajstić information content (AvgIpc) is 2.63. The summed E-state index contributed by atoms with van der Waals surface area (Å²) in [6.07, 6.45) is 1.29. The lowest BCUT2D eigenvalue weighted by atomic mass is 10.1. The minimum Gasteiger partial charge on any atom is -0.377 e. The first kappa shape index (κ1) is 16.4. The van der Waals surface area contributed by atoms with E-state index in [1.807, 2.05) is 13.8 Å². The molecule has 1 atom stereocenters. The second-order valence-corrected chi connectivity index (χ2v) is 5.50. The van der Waals surface area contributed by atoms with Crippen molar-refractivity contribution in [3.8, 4) is 0 Å². The van der Waals surface area contributed by atoms with Crippen LogP contribution in [0.1, 0.15) is 38.9 Å². The van der Waals surface area contributed by atoms with E-state index in [4.69, 9.17) is 15.0 Å². The number of aromatic nitrogens is 2. The summed E-state index contributed by atoms with van der Waals surface area (Å²) in [5.41, 5.74) is 5.37. The first-order valence-electron chi connectivity index (χ1n) is 6.41. The summed E-state index contributed by atoms with van der Waals surface area (Å²) >= 11 is 0. The molecule has 0 amide bonds. The molecule has 1 aromatic rings. The molecule has 1 aromatic heterocycles. The Morgan fingerprint density at radius 2 is 2.21 bits per heavy atom. The number of ether oxygens (including phenoxy) is 1. The summed E-state index contributed by atoms with van der Waals surface area (Å²) in [4.78, 5) is 6.62. The van der Waals surface area contributed by atoms with Gasteiger partial charge in [-0.15, -0.1) is 12.4 Å². The smallest absolute Gasteiger partial charge is 0.240 e. The molecular formula is C12H23ClN4O2. The fraction of sp³-hybridized carbons (Fsp3) is 0.833. The average molecular weight is 291 g/mol. The van der Waals surface area contributed by atoms with Gasteiger partial charge in [0, 0.05) is 19.7 Å². The van der Waals surface area contributed by atoms with Gasteiger partial charge < -0.3 is 15.0 Å². The fourth-order valence-corrected chi connectivity index (χ4v) is 2.00. The maximum Gasteiger partial charge on any atom is 0.240 e. The Morgan fingerprint density at radius 3 is 2.84 bits per heavy atom. The number of hydrogen-bond acceptors (Lipinski definition) is 6. The van der Waals surface area contributed by atoms with Crippen LogP contribution in [0.25, 0.3) is 0 Å². The standard InChI is InChI=1S/C12H22N4O2.ClH/c1-9-7-16(5-4-6-17-9)8-10-14-11(15-18-10)12(2,3)13;/h9H,4-8,13H2,1-3H3;1H. The third-order valence-electron chi connectivity index (χ3n) is 2.94.